The standard InChI is InChI=1S/C24H28N4O4/c1-25-24(28-20-9-4-10-21(16-20)31-14-6-12-30-2)26-17-18-7-3-8-19(15-18)27-23(29)22-11-5-13-32-22/h3-5,7-11,13,15-16H,6,12,14,17H2,1-2H3,(H,27,29)(H2,25,26,28). The molecule has 3 rings (SSSR count). The fraction of sp³-hybridized carbons (Fsp3) is 0.250. The summed E-state index contributed by atoms with van der Waals surface area (Å²) in [4.78, 5) is 16.4. The van der Waals surface area contributed by atoms with E-state index in [0.717, 1.165) is 23.4 Å². The second-order valence-electron chi connectivity index (χ2n) is 6.91. The number of anilines is 2. The van der Waals surface area contributed by atoms with Crippen LogP contribution in [0.4, 0.5) is 11.4 Å². The fourth-order valence-electron chi connectivity index (χ4n) is 2.92. The number of methoxy groups -OCH3 is 1. The molecule has 0 saturated heterocycles. The normalized spacial score (nSPS) is 11.1. The number of aliphatic imine (C=N–C) groups is 1. The summed E-state index contributed by atoms with van der Waals surface area (Å²) in [7, 11) is 3.39. The minimum absolute atomic E-state index is 0.267. The van der Waals surface area contributed by atoms with Crippen molar-refractivity contribution in [3.63, 3.8) is 0 Å². The number of nitrogens with one attached hydrogen (secondary N) is 3. The van der Waals surface area contributed by atoms with Gasteiger partial charge in [0, 0.05) is 51.2 Å². The predicted octanol–water partition coefficient (Wildman–Crippen LogP) is 4.13. The van der Waals surface area contributed by atoms with Crippen molar-refractivity contribution in [1.29, 1.82) is 0 Å². The van der Waals surface area contributed by atoms with E-state index in [1.807, 2.05) is 48.5 Å². The molecule has 8 heteroatoms. The van der Waals surface area contributed by atoms with Crippen molar-refractivity contribution in [3.8, 4) is 5.75 Å². The largest absolute Gasteiger partial charge is 0.493 e. The number of ether oxygens (including phenoxy) is 2. The van der Waals surface area contributed by atoms with Crippen LogP contribution in [-0.4, -0.2) is 39.2 Å². The fourth-order valence-corrected chi connectivity index (χ4v) is 2.92. The third-order valence-corrected chi connectivity index (χ3v) is 4.47. The average molecular weight is 437 g/mol. The van der Waals surface area contributed by atoms with Gasteiger partial charge in [-0.1, -0.05) is 18.2 Å². The van der Waals surface area contributed by atoms with E-state index in [-0.39, 0.29) is 11.7 Å². The maximum atomic E-state index is 12.2. The van der Waals surface area contributed by atoms with Gasteiger partial charge < -0.3 is 29.8 Å². The van der Waals surface area contributed by atoms with Crippen LogP contribution in [-0.2, 0) is 11.3 Å². The van der Waals surface area contributed by atoms with Crippen LogP contribution in [0, 0.1) is 0 Å². The van der Waals surface area contributed by atoms with Gasteiger partial charge in [0.25, 0.3) is 5.91 Å². The molecule has 168 valence electrons. The molecule has 1 heterocycles. The van der Waals surface area contributed by atoms with E-state index >= 15 is 0 Å². The van der Waals surface area contributed by atoms with E-state index in [0.29, 0.717) is 31.4 Å². The molecule has 0 aliphatic carbocycles. The van der Waals surface area contributed by atoms with Crippen LogP contribution < -0.4 is 20.7 Å². The molecule has 32 heavy (non-hydrogen) atoms. The topological polar surface area (TPSA) is 97.1 Å². The number of benzene rings is 2. The van der Waals surface area contributed by atoms with Gasteiger partial charge in [0.15, 0.2) is 11.7 Å². The van der Waals surface area contributed by atoms with Gasteiger partial charge in [-0.15, -0.1) is 0 Å². The number of hydrogen-bond acceptors (Lipinski definition) is 5. The lowest BCUT2D eigenvalue weighted by atomic mass is 10.2. The van der Waals surface area contributed by atoms with E-state index in [1.165, 1.54) is 6.26 Å². The molecule has 0 spiro atoms. The van der Waals surface area contributed by atoms with Gasteiger partial charge in [-0.3, -0.25) is 9.79 Å². The van der Waals surface area contributed by atoms with Crippen molar-refractivity contribution in [2.75, 3.05) is 38.0 Å². The SMILES string of the molecule is CN=C(NCc1cccc(NC(=O)c2ccco2)c1)Nc1cccc(OCCCOC)c1. The summed E-state index contributed by atoms with van der Waals surface area (Å²) >= 11 is 0. The van der Waals surface area contributed by atoms with Crippen LogP contribution in [0.25, 0.3) is 0 Å². The molecule has 1 amide bonds. The summed E-state index contributed by atoms with van der Waals surface area (Å²) in [5.74, 6) is 1.37. The Balaban J connectivity index is 1.53. The van der Waals surface area contributed by atoms with Gasteiger partial charge in [-0.2, -0.15) is 0 Å². The van der Waals surface area contributed by atoms with E-state index in [2.05, 4.69) is 20.9 Å². The first-order valence-electron chi connectivity index (χ1n) is 10.3. The lowest BCUT2D eigenvalue weighted by Gasteiger charge is -2.14. The number of hydrogen-bond donors (Lipinski definition) is 3. The number of carbonyl (C=O) groups excluding carboxylic acids is 1. The van der Waals surface area contributed by atoms with Gasteiger partial charge in [0.05, 0.1) is 12.9 Å². The Morgan fingerprint density at radius 2 is 1.81 bits per heavy atom. The molecule has 0 unspecified atom stereocenters. The Kier molecular flexibility index (Phi) is 8.70. The minimum atomic E-state index is -0.290. The predicted molar refractivity (Wildman–Crippen MR) is 125 cm³/mol. The summed E-state index contributed by atoms with van der Waals surface area (Å²) < 4.78 is 15.9. The second-order valence-corrected chi connectivity index (χ2v) is 6.91. The molecule has 3 aromatic rings. The van der Waals surface area contributed by atoms with Gasteiger partial charge in [0.2, 0.25) is 0 Å². The van der Waals surface area contributed by atoms with Crippen molar-refractivity contribution >= 4 is 23.2 Å². The zero-order chi connectivity index (χ0) is 22.6. The van der Waals surface area contributed by atoms with Crippen LogP contribution in [0.3, 0.4) is 0 Å². The Morgan fingerprint density at radius 1 is 1.00 bits per heavy atom. The number of carbonyl (C=O) groups is 1. The van der Waals surface area contributed by atoms with Gasteiger partial charge in [-0.25, -0.2) is 0 Å². The van der Waals surface area contributed by atoms with E-state index in [9.17, 15) is 4.79 Å². The lowest BCUT2D eigenvalue weighted by molar-refractivity contribution is 0.0996. The highest BCUT2D eigenvalue weighted by Crippen LogP contribution is 2.18. The Labute approximate surface area is 187 Å². The average Bonchev–Trinajstić information content (AvgIpc) is 3.35. The van der Waals surface area contributed by atoms with Crippen LogP contribution in [0.15, 0.2) is 76.3 Å². The molecular formula is C24H28N4O4. The van der Waals surface area contributed by atoms with Crippen molar-refractivity contribution in [3.05, 3.63) is 78.3 Å². The molecule has 0 fully saturated rings. The number of guanidine groups is 1. The third-order valence-electron chi connectivity index (χ3n) is 4.47. The molecule has 0 radical (unpaired) electrons. The summed E-state index contributed by atoms with van der Waals surface area (Å²) in [5.41, 5.74) is 2.54. The molecule has 2 aromatic carbocycles. The van der Waals surface area contributed by atoms with E-state index in [4.69, 9.17) is 13.9 Å². The highest BCUT2D eigenvalue weighted by atomic mass is 16.5. The molecule has 3 N–H and O–H groups in total. The summed E-state index contributed by atoms with van der Waals surface area (Å²) in [6.45, 7) is 1.79. The molecule has 0 aliphatic heterocycles. The van der Waals surface area contributed by atoms with Crippen molar-refractivity contribution in [2.24, 2.45) is 4.99 Å². The highest BCUT2D eigenvalue weighted by Gasteiger charge is 2.09. The Morgan fingerprint density at radius 3 is 2.56 bits per heavy atom. The highest BCUT2D eigenvalue weighted by molar-refractivity contribution is 6.02. The van der Waals surface area contributed by atoms with E-state index < -0.39 is 0 Å². The smallest absolute Gasteiger partial charge is 0.291 e. The van der Waals surface area contributed by atoms with Gasteiger partial charge >= 0.3 is 0 Å². The molecular weight excluding hydrogens is 408 g/mol. The Hall–Kier alpha value is -3.78. The van der Waals surface area contributed by atoms with Crippen LogP contribution in [0.5, 0.6) is 5.75 Å². The summed E-state index contributed by atoms with van der Waals surface area (Å²) in [6, 6.07) is 18.6. The second kappa shape index (κ2) is 12.2. The molecule has 0 aliphatic rings. The zero-order valence-electron chi connectivity index (χ0n) is 18.3. The number of furan rings is 1. The van der Waals surface area contributed by atoms with Crippen LogP contribution >= 0.6 is 0 Å². The first-order valence-corrected chi connectivity index (χ1v) is 10.3. The Bertz CT molecular complexity index is 1020. The van der Waals surface area contributed by atoms with Gasteiger partial charge in [0.1, 0.15) is 5.75 Å². The molecule has 1 aromatic heterocycles. The third kappa shape index (κ3) is 7.17. The summed E-state index contributed by atoms with van der Waals surface area (Å²) in [6.07, 6.45) is 2.30. The minimum Gasteiger partial charge on any atom is -0.493 e. The van der Waals surface area contributed by atoms with Crippen molar-refractivity contribution in [2.45, 2.75) is 13.0 Å². The lowest BCUT2D eigenvalue weighted by Crippen LogP contribution is -2.30. The monoisotopic (exact) mass is 436 g/mol. The maximum absolute atomic E-state index is 12.2. The van der Waals surface area contributed by atoms with Crippen LogP contribution in [0.1, 0.15) is 22.5 Å². The first-order chi connectivity index (χ1) is 15.7. The van der Waals surface area contributed by atoms with Crippen molar-refractivity contribution < 1.29 is 18.7 Å². The zero-order valence-corrected chi connectivity index (χ0v) is 18.3. The van der Waals surface area contributed by atoms with E-state index in [1.54, 1.807) is 26.3 Å². The number of nitrogens with zero attached hydrogens (tertiary/aromatic N) is 1. The molecule has 8 nitrogen and oxygen atoms in total. The van der Waals surface area contributed by atoms with Crippen molar-refractivity contribution in [1.82, 2.24) is 5.32 Å². The molecule has 0 saturated carbocycles. The number of amides is 1. The quantitative estimate of drug-likeness (QED) is 0.251. The molecule has 0 bridgehead atoms. The summed E-state index contributed by atoms with van der Waals surface area (Å²) in [5, 5.41) is 9.36. The first kappa shape index (κ1) is 22.9. The van der Waals surface area contributed by atoms with Gasteiger partial charge in [-0.05, 0) is 42.0 Å². The number of rotatable bonds is 10. The maximum Gasteiger partial charge on any atom is 0.291 e. The molecule has 0 atom stereocenters. The van der Waals surface area contributed by atoms with Crippen LogP contribution in [0.2, 0.25) is 0 Å².